The number of carbonyl (C=O) groups excluding carboxylic acids is 2. The van der Waals surface area contributed by atoms with Gasteiger partial charge >= 0.3 is 12.1 Å². The van der Waals surface area contributed by atoms with Gasteiger partial charge in [0.15, 0.2) is 5.65 Å². The van der Waals surface area contributed by atoms with Crippen LogP contribution in [0.2, 0.25) is 10.0 Å². The van der Waals surface area contributed by atoms with Crippen molar-refractivity contribution in [3.8, 4) is 0 Å². The molecule has 0 radical (unpaired) electrons. The number of carbonyl (C=O) groups is 2. The number of pyridine rings is 1. The molecule has 9 heteroatoms. The third-order valence-corrected chi connectivity index (χ3v) is 3.17. The molecule has 2 aromatic rings. The molecule has 1 N–H and O–H groups in total. The first kappa shape index (κ1) is 16.4. The highest BCUT2D eigenvalue weighted by atomic mass is 35.5. The number of alkyl carbamates (subject to hydrolysis) is 1. The van der Waals surface area contributed by atoms with Crippen molar-refractivity contribution in [2.45, 2.75) is 13.0 Å². The fraction of sp³-hybridized carbons (Fsp3) is 0.308. The average molecular weight is 346 g/mol. The van der Waals surface area contributed by atoms with E-state index in [-0.39, 0.29) is 19.6 Å². The van der Waals surface area contributed by atoms with Crippen LogP contribution in [-0.4, -0.2) is 35.1 Å². The van der Waals surface area contributed by atoms with Gasteiger partial charge in [0.2, 0.25) is 0 Å². The highest BCUT2D eigenvalue weighted by Gasteiger charge is 2.10. The van der Waals surface area contributed by atoms with Crippen LogP contribution in [0.25, 0.3) is 5.65 Å². The Morgan fingerprint density at radius 2 is 2.14 bits per heavy atom. The lowest BCUT2D eigenvalue weighted by molar-refractivity contribution is -0.144. The molecule has 0 saturated carbocycles. The minimum absolute atomic E-state index is 0.00663. The van der Waals surface area contributed by atoms with E-state index in [1.165, 1.54) is 7.11 Å². The Balaban J connectivity index is 1.88. The molecule has 118 valence electrons. The van der Waals surface area contributed by atoms with Crippen LogP contribution in [0.3, 0.4) is 0 Å². The smallest absolute Gasteiger partial charge is 0.406 e. The first-order valence-electron chi connectivity index (χ1n) is 6.29. The van der Waals surface area contributed by atoms with Crippen molar-refractivity contribution in [2.75, 3.05) is 13.7 Å². The molecule has 0 bridgehead atoms. The molecule has 2 heterocycles. The summed E-state index contributed by atoms with van der Waals surface area (Å²) in [6.07, 6.45) is 2.77. The summed E-state index contributed by atoms with van der Waals surface area (Å²) in [4.78, 5) is 26.6. The number of fused-ring (bicyclic) bond motifs is 1. The molecule has 0 atom stereocenters. The number of hydrogen-bond acceptors (Lipinski definition) is 5. The maximum atomic E-state index is 11.5. The highest BCUT2D eigenvalue weighted by molar-refractivity contribution is 6.36. The lowest BCUT2D eigenvalue weighted by Gasteiger charge is -2.04. The summed E-state index contributed by atoms with van der Waals surface area (Å²) in [5, 5.41) is 3.27. The first-order valence-corrected chi connectivity index (χ1v) is 7.05. The Kier molecular flexibility index (Phi) is 5.46. The van der Waals surface area contributed by atoms with Gasteiger partial charge in [-0.2, -0.15) is 0 Å². The minimum Gasteiger partial charge on any atom is -0.459 e. The molecular weight excluding hydrogens is 333 g/mol. The van der Waals surface area contributed by atoms with Crippen molar-refractivity contribution in [3.05, 3.63) is 34.2 Å². The first-order chi connectivity index (χ1) is 10.5. The molecule has 0 aliphatic rings. The topological polar surface area (TPSA) is 81.9 Å². The van der Waals surface area contributed by atoms with Gasteiger partial charge in [-0.05, 0) is 6.07 Å². The molecular formula is C13H13Cl2N3O4. The van der Waals surface area contributed by atoms with Crippen molar-refractivity contribution < 1.29 is 19.1 Å². The summed E-state index contributed by atoms with van der Waals surface area (Å²) in [6.45, 7) is 0.144. The summed E-state index contributed by atoms with van der Waals surface area (Å²) in [5.74, 6) is -0.461. The summed E-state index contributed by atoms with van der Waals surface area (Å²) >= 11 is 11.9. The van der Waals surface area contributed by atoms with Gasteiger partial charge in [0.25, 0.3) is 0 Å². The Labute approximate surface area is 136 Å². The third-order valence-electron chi connectivity index (χ3n) is 2.69. The molecule has 0 aromatic carbocycles. The summed E-state index contributed by atoms with van der Waals surface area (Å²) in [7, 11) is 1.24. The lowest BCUT2D eigenvalue weighted by atomic mass is 10.4. The van der Waals surface area contributed by atoms with Gasteiger partial charge in [-0.15, -0.1) is 0 Å². The Morgan fingerprint density at radius 1 is 1.36 bits per heavy atom. The number of imidazole rings is 1. The van der Waals surface area contributed by atoms with E-state index >= 15 is 0 Å². The fourth-order valence-corrected chi connectivity index (χ4v) is 2.24. The number of esters is 1. The second-order valence-corrected chi connectivity index (χ2v) is 5.14. The van der Waals surface area contributed by atoms with Crippen molar-refractivity contribution in [2.24, 2.45) is 0 Å². The van der Waals surface area contributed by atoms with Crippen LogP contribution >= 0.6 is 23.2 Å². The van der Waals surface area contributed by atoms with Crippen LogP contribution < -0.4 is 5.32 Å². The van der Waals surface area contributed by atoms with Crippen molar-refractivity contribution in [1.29, 1.82) is 0 Å². The number of amides is 1. The maximum absolute atomic E-state index is 11.5. The quantitative estimate of drug-likeness (QED) is 0.841. The predicted octanol–water partition coefficient (Wildman–Crippen LogP) is 2.43. The number of nitrogens with one attached hydrogen (secondary N) is 1. The van der Waals surface area contributed by atoms with E-state index in [0.29, 0.717) is 21.4 Å². The molecule has 0 unspecified atom stereocenters. The molecule has 7 nitrogen and oxygen atoms in total. The number of nitrogens with zero attached hydrogens (tertiary/aromatic N) is 2. The van der Waals surface area contributed by atoms with Gasteiger partial charge in [0.05, 0.1) is 29.3 Å². The maximum Gasteiger partial charge on any atom is 0.406 e. The largest absolute Gasteiger partial charge is 0.459 e. The third kappa shape index (κ3) is 4.25. The minimum atomic E-state index is -0.598. The van der Waals surface area contributed by atoms with Gasteiger partial charge in [-0.25, -0.2) is 9.78 Å². The Hall–Kier alpha value is -1.99. The second kappa shape index (κ2) is 7.33. The standard InChI is InChI=1S/C13H13Cl2N3O4/c1-21-13(20)16-3-2-11(19)22-7-9-6-18-5-8(14)4-10(15)12(18)17-9/h4-6H,2-3,7H2,1H3,(H,16,20). The van der Waals surface area contributed by atoms with Gasteiger partial charge < -0.3 is 19.2 Å². The van der Waals surface area contributed by atoms with E-state index in [1.807, 2.05) is 0 Å². The fourth-order valence-electron chi connectivity index (χ4n) is 1.71. The van der Waals surface area contributed by atoms with Crippen molar-refractivity contribution in [1.82, 2.24) is 14.7 Å². The number of halogens is 2. The summed E-state index contributed by atoms with van der Waals surface area (Å²) in [6, 6.07) is 1.58. The molecule has 0 spiro atoms. The zero-order chi connectivity index (χ0) is 16.1. The van der Waals surface area contributed by atoms with Gasteiger partial charge in [-0.1, -0.05) is 23.2 Å². The predicted molar refractivity (Wildman–Crippen MR) is 80.0 cm³/mol. The van der Waals surface area contributed by atoms with Crippen molar-refractivity contribution >= 4 is 40.9 Å². The van der Waals surface area contributed by atoms with Gasteiger partial charge in [0, 0.05) is 18.9 Å². The number of hydrogen-bond donors (Lipinski definition) is 1. The van der Waals surface area contributed by atoms with Crippen LogP contribution in [0.15, 0.2) is 18.5 Å². The van der Waals surface area contributed by atoms with Crippen LogP contribution in [0, 0.1) is 0 Å². The molecule has 0 fully saturated rings. The van der Waals surface area contributed by atoms with Gasteiger partial charge in [-0.3, -0.25) is 4.79 Å². The zero-order valence-electron chi connectivity index (χ0n) is 11.6. The van der Waals surface area contributed by atoms with Crippen LogP contribution in [-0.2, 0) is 20.9 Å². The van der Waals surface area contributed by atoms with E-state index in [1.54, 1.807) is 22.9 Å². The molecule has 2 rings (SSSR count). The molecule has 0 aliphatic heterocycles. The average Bonchev–Trinajstić information content (AvgIpc) is 2.88. The van der Waals surface area contributed by atoms with Crippen LogP contribution in [0.1, 0.15) is 12.1 Å². The summed E-state index contributed by atoms with van der Waals surface area (Å²) < 4.78 is 11.1. The van der Waals surface area contributed by atoms with E-state index in [4.69, 9.17) is 27.9 Å². The number of ether oxygens (including phenoxy) is 2. The van der Waals surface area contributed by atoms with Crippen molar-refractivity contribution in [3.63, 3.8) is 0 Å². The Bertz CT molecular complexity index is 702. The number of methoxy groups -OCH3 is 1. The zero-order valence-corrected chi connectivity index (χ0v) is 13.1. The molecule has 2 aromatic heterocycles. The van der Waals surface area contributed by atoms with E-state index in [9.17, 15) is 9.59 Å². The molecule has 0 saturated heterocycles. The molecule has 22 heavy (non-hydrogen) atoms. The monoisotopic (exact) mass is 345 g/mol. The highest BCUT2D eigenvalue weighted by Crippen LogP contribution is 2.21. The second-order valence-electron chi connectivity index (χ2n) is 4.30. The van der Waals surface area contributed by atoms with Crippen LogP contribution in [0.4, 0.5) is 4.79 Å². The van der Waals surface area contributed by atoms with Crippen LogP contribution in [0.5, 0.6) is 0 Å². The lowest BCUT2D eigenvalue weighted by Crippen LogP contribution is -2.26. The SMILES string of the molecule is COC(=O)NCCC(=O)OCc1cn2cc(Cl)cc(Cl)c2n1. The molecule has 1 amide bonds. The van der Waals surface area contributed by atoms with Gasteiger partial charge in [0.1, 0.15) is 6.61 Å². The summed E-state index contributed by atoms with van der Waals surface area (Å²) in [5.41, 5.74) is 1.07. The molecule has 0 aliphatic carbocycles. The van der Waals surface area contributed by atoms with E-state index in [2.05, 4.69) is 15.0 Å². The van der Waals surface area contributed by atoms with E-state index < -0.39 is 12.1 Å². The Morgan fingerprint density at radius 3 is 2.86 bits per heavy atom. The van der Waals surface area contributed by atoms with E-state index in [0.717, 1.165) is 0 Å². The number of aromatic nitrogens is 2. The normalized spacial score (nSPS) is 10.5. The number of rotatable bonds is 5.